The van der Waals surface area contributed by atoms with Gasteiger partial charge >= 0.3 is 0 Å². The number of benzene rings is 1. The summed E-state index contributed by atoms with van der Waals surface area (Å²) in [5, 5.41) is 3.40. The van der Waals surface area contributed by atoms with Gasteiger partial charge in [-0.2, -0.15) is 0 Å². The molecule has 1 aromatic carbocycles. The van der Waals surface area contributed by atoms with Gasteiger partial charge < -0.3 is 16.8 Å². The Kier molecular flexibility index (Phi) is 6.81. The maximum atomic E-state index is 5.94. The molecule has 0 saturated carbocycles. The second kappa shape index (κ2) is 8.28. The Morgan fingerprint density at radius 1 is 1.12 bits per heavy atom. The van der Waals surface area contributed by atoms with Crippen molar-refractivity contribution in [1.29, 1.82) is 0 Å². The van der Waals surface area contributed by atoms with Gasteiger partial charge in [0, 0.05) is 12.6 Å². The molecule has 0 aliphatic rings. The van der Waals surface area contributed by atoms with Gasteiger partial charge in [-0.05, 0) is 37.9 Å². The van der Waals surface area contributed by atoms with Crippen LogP contribution in [0.15, 0.2) is 30.3 Å². The molecule has 3 nitrogen and oxygen atoms in total. The Balaban J connectivity index is 2.03. The Morgan fingerprint density at radius 2 is 1.88 bits per heavy atom. The van der Waals surface area contributed by atoms with Gasteiger partial charge in [-0.3, -0.25) is 0 Å². The van der Waals surface area contributed by atoms with Crippen molar-refractivity contribution < 1.29 is 0 Å². The van der Waals surface area contributed by atoms with E-state index < -0.39 is 0 Å². The maximum absolute atomic E-state index is 5.94. The van der Waals surface area contributed by atoms with Crippen LogP contribution in [0, 0.1) is 0 Å². The van der Waals surface area contributed by atoms with Gasteiger partial charge in [0.2, 0.25) is 0 Å². The molecule has 0 amide bonds. The lowest BCUT2D eigenvalue weighted by Gasteiger charge is -2.11. The Bertz CT molecular complexity index is 261. The predicted octanol–water partition coefficient (Wildman–Crippen LogP) is 1.23. The minimum absolute atomic E-state index is 0.284. The average molecular weight is 221 g/mol. The SMILES string of the molecule is NCCCC(N)CCNCc1ccccc1. The summed E-state index contributed by atoms with van der Waals surface area (Å²) in [6.45, 7) is 2.64. The van der Waals surface area contributed by atoms with Gasteiger partial charge in [0.1, 0.15) is 0 Å². The summed E-state index contributed by atoms with van der Waals surface area (Å²) >= 11 is 0. The summed E-state index contributed by atoms with van der Waals surface area (Å²) < 4.78 is 0. The number of nitrogens with two attached hydrogens (primary N) is 2. The smallest absolute Gasteiger partial charge is 0.0205 e. The zero-order valence-electron chi connectivity index (χ0n) is 9.86. The molecule has 0 spiro atoms. The predicted molar refractivity (Wildman–Crippen MR) is 69.0 cm³/mol. The monoisotopic (exact) mass is 221 g/mol. The fraction of sp³-hybridized carbons (Fsp3) is 0.538. The minimum atomic E-state index is 0.284. The summed E-state index contributed by atoms with van der Waals surface area (Å²) in [6.07, 6.45) is 3.08. The molecular formula is C13H23N3. The summed E-state index contributed by atoms with van der Waals surface area (Å²) in [4.78, 5) is 0. The van der Waals surface area contributed by atoms with Gasteiger partial charge in [-0.1, -0.05) is 30.3 Å². The third-order valence-corrected chi connectivity index (χ3v) is 2.64. The molecule has 1 rings (SSSR count). The standard InChI is InChI=1S/C13H23N3/c14-9-4-7-13(15)8-10-16-11-12-5-2-1-3-6-12/h1-3,5-6,13,16H,4,7-11,14-15H2. The van der Waals surface area contributed by atoms with Crippen LogP contribution in [0.25, 0.3) is 0 Å². The van der Waals surface area contributed by atoms with Crippen molar-refractivity contribution in [2.24, 2.45) is 11.5 Å². The van der Waals surface area contributed by atoms with Gasteiger partial charge in [-0.25, -0.2) is 0 Å². The van der Waals surface area contributed by atoms with Crippen LogP contribution in [0.2, 0.25) is 0 Å². The molecule has 0 saturated heterocycles. The van der Waals surface area contributed by atoms with E-state index in [4.69, 9.17) is 11.5 Å². The van der Waals surface area contributed by atoms with Crippen molar-refractivity contribution in [2.45, 2.75) is 31.8 Å². The van der Waals surface area contributed by atoms with E-state index in [9.17, 15) is 0 Å². The van der Waals surface area contributed by atoms with E-state index in [1.807, 2.05) is 6.07 Å². The van der Waals surface area contributed by atoms with Crippen LogP contribution in [0.1, 0.15) is 24.8 Å². The second-order valence-electron chi connectivity index (χ2n) is 4.14. The van der Waals surface area contributed by atoms with Crippen LogP contribution in [0.5, 0.6) is 0 Å². The summed E-state index contributed by atoms with van der Waals surface area (Å²) in [6, 6.07) is 10.7. The van der Waals surface area contributed by atoms with Crippen molar-refractivity contribution in [3.8, 4) is 0 Å². The van der Waals surface area contributed by atoms with Crippen LogP contribution in [-0.4, -0.2) is 19.1 Å². The Morgan fingerprint density at radius 3 is 2.56 bits per heavy atom. The van der Waals surface area contributed by atoms with E-state index >= 15 is 0 Å². The molecule has 0 aliphatic heterocycles. The quantitative estimate of drug-likeness (QED) is 0.579. The molecule has 1 aromatic rings. The second-order valence-corrected chi connectivity index (χ2v) is 4.14. The highest BCUT2D eigenvalue weighted by Crippen LogP contribution is 1.99. The Labute approximate surface area is 98.2 Å². The number of rotatable bonds is 8. The lowest BCUT2D eigenvalue weighted by atomic mass is 10.1. The van der Waals surface area contributed by atoms with E-state index in [1.54, 1.807) is 0 Å². The normalized spacial score (nSPS) is 12.6. The molecule has 16 heavy (non-hydrogen) atoms. The van der Waals surface area contributed by atoms with Crippen molar-refractivity contribution in [3.05, 3.63) is 35.9 Å². The number of hydrogen-bond acceptors (Lipinski definition) is 3. The lowest BCUT2D eigenvalue weighted by Crippen LogP contribution is -2.27. The maximum Gasteiger partial charge on any atom is 0.0205 e. The Hall–Kier alpha value is -0.900. The van der Waals surface area contributed by atoms with Crippen LogP contribution < -0.4 is 16.8 Å². The highest BCUT2D eigenvalue weighted by atomic mass is 14.9. The molecule has 1 unspecified atom stereocenters. The van der Waals surface area contributed by atoms with Gasteiger partial charge in [0.15, 0.2) is 0 Å². The molecule has 0 bridgehead atoms. The zero-order valence-corrected chi connectivity index (χ0v) is 9.86. The lowest BCUT2D eigenvalue weighted by molar-refractivity contribution is 0.520. The van der Waals surface area contributed by atoms with Crippen molar-refractivity contribution in [2.75, 3.05) is 13.1 Å². The number of hydrogen-bond donors (Lipinski definition) is 3. The molecular weight excluding hydrogens is 198 g/mol. The number of nitrogens with one attached hydrogen (secondary N) is 1. The first-order valence-corrected chi connectivity index (χ1v) is 6.03. The summed E-state index contributed by atoms with van der Waals surface area (Å²) in [5.41, 5.74) is 12.7. The van der Waals surface area contributed by atoms with Gasteiger partial charge in [-0.15, -0.1) is 0 Å². The zero-order chi connectivity index (χ0) is 11.6. The highest BCUT2D eigenvalue weighted by Gasteiger charge is 2.00. The largest absolute Gasteiger partial charge is 0.330 e. The van der Waals surface area contributed by atoms with Crippen molar-refractivity contribution in [1.82, 2.24) is 5.32 Å². The van der Waals surface area contributed by atoms with E-state index in [2.05, 4.69) is 29.6 Å². The summed E-state index contributed by atoms with van der Waals surface area (Å²) in [5.74, 6) is 0. The molecule has 3 heteroatoms. The molecule has 90 valence electrons. The van der Waals surface area contributed by atoms with Crippen LogP contribution in [0.3, 0.4) is 0 Å². The molecule has 0 heterocycles. The van der Waals surface area contributed by atoms with Crippen LogP contribution in [-0.2, 0) is 6.54 Å². The third-order valence-electron chi connectivity index (χ3n) is 2.64. The van der Waals surface area contributed by atoms with E-state index in [1.165, 1.54) is 5.56 Å². The molecule has 0 aliphatic carbocycles. The average Bonchev–Trinajstić information content (AvgIpc) is 2.33. The first-order valence-electron chi connectivity index (χ1n) is 6.03. The van der Waals surface area contributed by atoms with E-state index in [0.29, 0.717) is 0 Å². The van der Waals surface area contributed by atoms with Gasteiger partial charge in [0.05, 0.1) is 0 Å². The first-order chi connectivity index (χ1) is 7.83. The third kappa shape index (κ3) is 5.85. The van der Waals surface area contributed by atoms with E-state index in [-0.39, 0.29) is 6.04 Å². The molecule has 5 N–H and O–H groups in total. The molecule has 0 aromatic heterocycles. The fourth-order valence-electron chi connectivity index (χ4n) is 1.64. The van der Waals surface area contributed by atoms with Gasteiger partial charge in [0.25, 0.3) is 0 Å². The van der Waals surface area contributed by atoms with Crippen LogP contribution >= 0.6 is 0 Å². The first kappa shape index (κ1) is 13.2. The molecule has 0 radical (unpaired) electrons. The molecule has 1 atom stereocenters. The van der Waals surface area contributed by atoms with Crippen molar-refractivity contribution >= 4 is 0 Å². The van der Waals surface area contributed by atoms with Crippen LogP contribution in [0.4, 0.5) is 0 Å². The van der Waals surface area contributed by atoms with E-state index in [0.717, 1.165) is 38.9 Å². The minimum Gasteiger partial charge on any atom is -0.330 e. The van der Waals surface area contributed by atoms with Crippen molar-refractivity contribution in [3.63, 3.8) is 0 Å². The highest BCUT2D eigenvalue weighted by molar-refractivity contribution is 5.14. The topological polar surface area (TPSA) is 64.1 Å². The summed E-state index contributed by atoms with van der Waals surface area (Å²) in [7, 11) is 0. The fourth-order valence-corrected chi connectivity index (χ4v) is 1.64. The molecule has 0 fully saturated rings.